The molecule has 0 heterocycles. The molecule has 1 amide bonds. The van der Waals surface area contributed by atoms with E-state index in [1.54, 1.807) is 25.3 Å². The molecule has 186 valence electrons. The maximum absolute atomic E-state index is 12.4. The first-order chi connectivity index (χ1) is 16.6. The van der Waals surface area contributed by atoms with Crippen molar-refractivity contribution in [3.63, 3.8) is 0 Å². The summed E-state index contributed by atoms with van der Waals surface area (Å²) >= 11 is 0. The maximum Gasteiger partial charge on any atom is 0.280 e. The number of benzene rings is 2. The molecule has 0 unspecified atom stereocenters. The van der Waals surface area contributed by atoms with Crippen LogP contribution in [0.3, 0.4) is 0 Å². The second-order valence-corrected chi connectivity index (χ2v) is 7.92. The number of hydrogen-bond donors (Lipinski definition) is 1. The Morgan fingerprint density at radius 3 is 2.21 bits per heavy atom. The van der Waals surface area contributed by atoms with Crippen molar-refractivity contribution in [2.75, 3.05) is 19.8 Å². The van der Waals surface area contributed by atoms with Crippen LogP contribution in [-0.4, -0.2) is 38.0 Å². The molecule has 0 bridgehead atoms. The molecule has 1 N–H and O–H groups in total. The van der Waals surface area contributed by atoms with Gasteiger partial charge in [0.25, 0.3) is 5.91 Å². The number of carbonyl (C=O) groups is 1. The normalized spacial score (nSPS) is 11.8. The van der Waals surface area contributed by atoms with Crippen LogP contribution in [0.15, 0.2) is 47.6 Å². The molecule has 7 nitrogen and oxygen atoms in total. The van der Waals surface area contributed by atoms with E-state index >= 15 is 0 Å². The third-order valence-corrected chi connectivity index (χ3v) is 4.82. The molecule has 0 fully saturated rings. The van der Waals surface area contributed by atoms with E-state index in [-0.39, 0.29) is 5.91 Å². The summed E-state index contributed by atoms with van der Waals surface area (Å²) in [6.45, 7) is 9.86. The Bertz CT molecular complexity index is 883. The van der Waals surface area contributed by atoms with Crippen LogP contribution in [0.25, 0.3) is 0 Å². The van der Waals surface area contributed by atoms with Gasteiger partial charge in [-0.3, -0.25) is 4.79 Å². The van der Waals surface area contributed by atoms with Crippen LogP contribution in [0, 0.1) is 0 Å². The first-order valence-corrected chi connectivity index (χ1v) is 12.2. The van der Waals surface area contributed by atoms with Gasteiger partial charge in [-0.2, -0.15) is 5.10 Å². The van der Waals surface area contributed by atoms with E-state index in [4.69, 9.17) is 18.9 Å². The molecule has 0 saturated heterocycles. The summed E-state index contributed by atoms with van der Waals surface area (Å²) in [7, 11) is 0. The average molecular weight is 471 g/mol. The summed E-state index contributed by atoms with van der Waals surface area (Å²) in [6.07, 6.45) is 6.01. The number of amides is 1. The molecule has 2 aromatic rings. The smallest absolute Gasteiger partial charge is 0.280 e. The molecule has 0 spiro atoms. The molecule has 7 heteroatoms. The molecular formula is C27H38N2O5. The minimum absolute atomic E-state index is 0.352. The van der Waals surface area contributed by atoms with Crippen molar-refractivity contribution in [3.05, 3.63) is 48.0 Å². The Balaban J connectivity index is 1.88. The van der Waals surface area contributed by atoms with Crippen molar-refractivity contribution in [2.45, 2.75) is 65.9 Å². The van der Waals surface area contributed by atoms with Gasteiger partial charge in [0.05, 0.1) is 26.0 Å². The summed E-state index contributed by atoms with van der Waals surface area (Å²) in [5.74, 6) is 2.43. The summed E-state index contributed by atoms with van der Waals surface area (Å²) < 4.78 is 22.9. The van der Waals surface area contributed by atoms with Crippen LogP contribution in [0.5, 0.6) is 23.0 Å². The first kappa shape index (κ1) is 27.0. The fraction of sp³-hybridized carbons (Fsp3) is 0.481. The Labute approximate surface area is 203 Å². The number of hydrazone groups is 1. The second-order valence-electron chi connectivity index (χ2n) is 7.92. The SMILES string of the molecule is CCCCCOc1ccc(O[C@H](C)C(=O)N/N=C\c2ccc(OCCC)cc2OCCC)cc1. The summed E-state index contributed by atoms with van der Waals surface area (Å²) in [5.41, 5.74) is 3.28. The van der Waals surface area contributed by atoms with Crippen LogP contribution in [-0.2, 0) is 4.79 Å². The first-order valence-electron chi connectivity index (χ1n) is 12.2. The van der Waals surface area contributed by atoms with Gasteiger partial charge in [0.1, 0.15) is 23.0 Å². The van der Waals surface area contributed by atoms with Crippen molar-refractivity contribution in [2.24, 2.45) is 5.10 Å². The molecule has 0 aromatic heterocycles. The van der Waals surface area contributed by atoms with Crippen LogP contribution >= 0.6 is 0 Å². The van der Waals surface area contributed by atoms with Crippen molar-refractivity contribution in [3.8, 4) is 23.0 Å². The molecule has 2 rings (SSSR count). The van der Waals surface area contributed by atoms with E-state index in [0.717, 1.165) is 49.2 Å². The molecule has 0 aliphatic carbocycles. The number of carbonyl (C=O) groups excluding carboxylic acids is 1. The van der Waals surface area contributed by atoms with Crippen molar-refractivity contribution >= 4 is 12.1 Å². The number of ether oxygens (including phenoxy) is 4. The molecule has 0 saturated carbocycles. The van der Waals surface area contributed by atoms with Crippen LogP contribution in [0.2, 0.25) is 0 Å². The molecule has 0 radical (unpaired) electrons. The fourth-order valence-corrected chi connectivity index (χ4v) is 2.94. The highest BCUT2D eigenvalue weighted by atomic mass is 16.5. The lowest BCUT2D eigenvalue weighted by Gasteiger charge is -2.14. The fourth-order valence-electron chi connectivity index (χ4n) is 2.94. The zero-order chi connectivity index (χ0) is 24.6. The Morgan fingerprint density at radius 2 is 1.50 bits per heavy atom. The van der Waals surface area contributed by atoms with E-state index in [0.29, 0.717) is 31.3 Å². The number of rotatable bonds is 16. The summed E-state index contributed by atoms with van der Waals surface area (Å²) in [6, 6.07) is 12.8. The largest absolute Gasteiger partial charge is 0.494 e. The van der Waals surface area contributed by atoms with Crippen molar-refractivity contribution in [1.82, 2.24) is 5.43 Å². The lowest BCUT2D eigenvalue weighted by molar-refractivity contribution is -0.127. The van der Waals surface area contributed by atoms with Crippen LogP contribution in [0.1, 0.15) is 65.4 Å². The van der Waals surface area contributed by atoms with E-state index in [1.165, 1.54) is 0 Å². The number of nitrogens with one attached hydrogen (secondary N) is 1. The molecule has 1 atom stereocenters. The van der Waals surface area contributed by atoms with E-state index in [2.05, 4.69) is 24.4 Å². The van der Waals surface area contributed by atoms with Crippen LogP contribution in [0.4, 0.5) is 0 Å². The minimum Gasteiger partial charge on any atom is -0.494 e. The van der Waals surface area contributed by atoms with Crippen molar-refractivity contribution < 1.29 is 23.7 Å². The number of unbranched alkanes of at least 4 members (excludes halogenated alkanes) is 2. The quantitative estimate of drug-likeness (QED) is 0.192. The molecule has 0 aliphatic rings. The third kappa shape index (κ3) is 9.73. The Kier molecular flexibility index (Phi) is 12.4. The predicted octanol–water partition coefficient (Wildman–Crippen LogP) is 5.75. The molecule has 34 heavy (non-hydrogen) atoms. The predicted molar refractivity (Wildman–Crippen MR) is 135 cm³/mol. The zero-order valence-electron chi connectivity index (χ0n) is 20.8. The number of nitrogens with zero attached hydrogens (tertiary/aromatic N) is 1. The van der Waals surface area contributed by atoms with Crippen molar-refractivity contribution in [1.29, 1.82) is 0 Å². The monoisotopic (exact) mass is 470 g/mol. The molecule has 0 aliphatic heterocycles. The lowest BCUT2D eigenvalue weighted by atomic mass is 10.2. The van der Waals surface area contributed by atoms with Gasteiger partial charge >= 0.3 is 0 Å². The van der Waals surface area contributed by atoms with Gasteiger partial charge in [-0.25, -0.2) is 5.43 Å². The highest BCUT2D eigenvalue weighted by molar-refractivity contribution is 5.86. The van der Waals surface area contributed by atoms with Gasteiger partial charge in [-0.1, -0.05) is 33.6 Å². The topological polar surface area (TPSA) is 78.4 Å². The highest BCUT2D eigenvalue weighted by Crippen LogP contribution is 2.24. The number of hydrogen-bond acceptors (Lipinski definition) is 6. The standard InChI is InChI=1S/C27H38N2O5/c1-5-8-9-18-32-23-12-14-24(15-13-23)34-21(4)27(30)29-28-20-22-10-11-25(31-16-6-2)19-26(22)33-17-7-3/h10-15,19-21H,5-9,16-18H2,1-4H3,(H,29,30)/b28-20-/t21-/m1/s1. The Hall–Kier alpha value is -3.22. The zero-order valence-corrected chi connectivity index (χ0v) is 20.8. The minimum atomic E-state index is -0.714. The van der Waals surface area contributed by atoms with Gasteiger partial charge in [-0.15, -0.1) is 0 Å². The van der Waals surface area contributed by atoms with Gasteiger partial charge in [-0.05, 0) is 62.6 Å². The van der Waals surface area contributed by atoms with Gasteiger partial charge < -0.3 is 18.9 Å². The van der Waals surface area contributed by atoms with E-state index in [9.17, 15) is 4.79 Å². The van der Waals surface area contributed by atoms with E-state index in [1.807, 2.05) is 37.3 Å². The molecular weight excluding hydrogens is 432 g/mol. The summed E-state index contributed by atoms with van der Waals surface area (Å²) in [5, 5.41) is 4.08. The van der Waals surface area contributed by atoms with E-state index < -0.39 is 6.10 Å². The van der Waals surface area contributed by atoms with Crippen LogP contribution < -0.4 is 24.4 Å². The highest BCUT2D eigenvalue weighted by Gasteiger charge is 2.14. The van der Waals surface area contributed by atoms with Gasteiger partial charge in [0.15, 0.2) is 6.10 Å². The Morgan fingerprint density at radius 1 is 0.853 bits per heavy atom. The van der Waals surface area contributed by atoms with Gasteiger partial charge in [0.2, 0.25) is 0 Å². The average Bonchev–Trinajstić information content (AvgIpc) is 2.85. The van der Waals surface area contributed by atoms with Gasteiger partial charge in [0, 0.05) is 11.6 Å². The molecule has 2 aromatic carbocycles. The second kappa shape index (κ2) is 15.6. The maximum atomic E-state index is 12.4. The lowest BCUT2D eigenvalue weighted by Crippen LogP contribution is -2.33. The third-order valence-electron chi connectivity index (χ3n) is 4.82. The summed E-state index contributed by atoms with van der Waals surface area (Å²) in [4.78, 5) is 12.4.